The van der Waals surface area contributed by atoms with Crippen molar-refractivity contribution < 1.29 is 9.59 Å². The molecule has 1 rings (SSSR count). The highest BCUT2D eigenvalue weighted by molar-refractivity contribution is 5.95. The molecule has 0 saturated carbocycles. The lowest BCUT2D eigenvalue weighted by molar-refractivity contribution is -0.117. The van der Waals surface area contributed by atoms with Crippen LogP contribution >= 0.6 is 0 Å². The van der Waals surface area contributed by atoms with Crippen LogP contribution in [-0.2, 0) is 9.59 Å². The highest BCUT2D eigenvalue weighted by Crippen LogP contribution is 2.14. The van der Waals surface area contributed by atoms with E-state index >= 15 is 0 Å². The number of amides is 2. The van der Waals surface area contributed by atoms with Crippen molar-refractivity contribution in [3.05, 3.63) is 24.3 Å². The number of carbonyl (C=O) groups is 2. The molecule has 0 radical (unpaired) electrons. The van der Waals surface area contributed by atoms with Crippen LogP contribution in [0.25, 0.3) is 0 Å². The Morgan fingerprint density at radius 2 is 1.81 bits per heavy atom. The normalized spacial score (nSPS) is 11.7. The van der Waals surface area contributed by atoms with Crippen LogP contribution in [0.3, 0.4) is 0 Å². The molecule has 1 unspecified atom stereocenters. The maximum Gasteiger partial charge on any atom is 0.240 e. The predicted molar refractivity (Wildman–Crippen MR) is 63.0 cm³/mol. The first-order chi connectivity index (χ1) is 7.49. The first-order valence-corrected chi connectivity index (χ1v) is 4.93. The Hall–Kier alpha value is -1.88. The van der Waals surface area contributed by atoms with Crippen molar-refractivity contribution in [3.63, 3.8) is 0 Å². The van der Waals surface area contributed by atoms with Gasteiger partial charge in [0.2, 0.25) is 11.8 Å². The molecule has 4 N–H and O–H groups in total. The second-order valence-corrected chi connectivity index (χ2v) is 3.54. The molecule has 1 aromatic carbocycles. The van der Waals surface area contributed by atoms with Crippen molar-refractivity contribution in [1.29, 1.82) is 0 Å². The monoisotopic (exact) mass is 221 g/mol. The fourth-order valence-electron chi connectivity index (χ4n) is 1.13. The van der Waals surface area contributed by atoms with Crippen molar-refractivity contribution in [1.82, 2.24) is 0 Å². The maximum absolute atomic E-state index is 11.3. The van der Waals surface area contributed by atoms with Crippen molar-refractivity contribution in [2.75, 3.05) is 10.6 Å². The van der Waals surface area contributed by atoms with Crippen LogP contribution in [0.15, 0.2) is 24.3 Å². The second-order valence-electron chi connectivity index (χ2n) is 3.54. The van der Waals surface area contributed by atoms with Crippen LogP contribution in [0, 0.1) is 0 Å². The molecule has 0 aliphatic heterocycles. The van der Waals surface area contributed by atoms with E-state index in [0.717, 1.165) is 0 Å². The minimum atomic E-state index is -0.565. The van der Waals surface area contributed by atoms with Gasteiger partial charge in [-0.3, -0.25) is 9.59 Å². The van der Waals surface area contributed by atoms with E-state index in [1.807, 2.05) is 0 Å². The Morgan fingerprint density at radius 1 is 1.25 bits per heavy atom. The number of anilines is 2. The van der Waals surface area contributed by atoms with E-state index in [0.29, 0.717) is 11.4 Å². The topological polar surface area (TPSA) is 84.2 Å². The number of rotatable bonds is 3. The largest absolute Gasteiger partial charge is 0.326 e. The van der Waals surface area contributed by atoms with Gasteiger partial charge >= 0.3 is 0 Å². The third kappa shape index (κ3) is 3.70. The number of carbonyl (C=O) groups excluding carboxylic acids is 2. The molecule has 86 valence electrons. The average Bonchev–Trinajstić information content (AvgIpc) is 2.16. The summed E-state index contributed by atoms with van der Waals surface area (Å²) >= 11 is 0. The van der Waals surface area contributed by atoms with Gasteiger partial charge < -0.3 is 16.4 Å². The van der Waals surface area contributed by atoms with E-state index in [2.05, 4.69) is 10.6 Å². The summed E-state index contributed by atoms with van der Waals surface area (Å²) in [5.74, 6) is -0.421. The van der Waals surface area contributed by atoms with Gasteiger partial charge in [0, 0.05) is 18.3 Å². The van der Waals surface area contributed by atoms with E-state index in [4.69, 9.17) is 5.73 Å². The highest BCUT2D eigenvalue weighted by Gasteiger charge is 2.07. The molecule has 0 saturated heterocycles. The first kappa shape index (κ1) is 12.2. The molecular formula is C11H15N3O2. The lowest BCUT2D eigenvalue weighted by Crippen LogP contribution is -2.32. The summed E-state index contributed by atoms with van der Waals surface area (Å²) < 4.78 is 0. The third-order valence-electron chi connectivity index (χ3n) is 1.86. The zero-order valence-electron chi connectivity index (χ0n) is 9.28. The SMILES string of the molecule is CC(=O)Nc1cccc(NC(=O)C(C)N)c1. The Balaban J connectivity index is 2.74. The molecule has 0 aliphatic rings. The molecule has 0 aromatic heterocycles. The summed E-state index contributed by atoms with van der Waals surface area (Å²) in [5.41, 5.74) is 6.66. The lowest BCUT2D eigenvalue weighted by Gasteiger charge is -2.09. The summed E-state index contributed by atoms with van der Waals surface area (Å²) in [6.07, 6.45) is 0. The van der Waals surface area contributed by atoms with Crippen LogP contribution in [0.5, 0.6) is 0 Å². The Labute approximate surface area is 94.0 Å². The summed E-state index contributed by atoms with van der Waals surface area (Å²) in [7, 11) is 0. The van der Waals surface area contributed by atoms with Crippen LogP contribution in [0.4, 0.5) is 11.4 Å². The van der Waals surface area contributed by atoms with Crippen molar-refractivity contribution in [3.8, 4) is 0 Å². The van der Waals surface area contributed by atoms with Gasteiger partial charge in [-0.2, -0.15) is 0 Å². The van der Waals surface area contributed by atoms with Crippen molar-refractivity contribution in [2.45, 2.75) is 19.9 Å². The fraction of sp³-hybridized carbons (Fsp3) is 0.273. The molecule has 0 heterocycles. The zero-order valence-corrected chi connectivity index (χ0v) is 9.28. The highest BCUT2D eigenvalue weighted by atomic mass is 16.2. The molecule has 0 bridgehead atoms. The minimum absolute atomic E-state index is 0.157. The van der Waals surface area contributed by atoms with Gasteiger partial charge in [-0.15, -0.1) is 0 Å². The Kier molecular flexibility index (Phi) is 4.02. The molecular weight excluding hydrogens is 206 g/mol. The van der Waals surface area contributed by atoms with Gasteiger partial charge in [0.1, 0.15) is 0 Å². The van der Waals surface area contributed by atoms with Gasteiger partial charge in [-0.25, -0.2) is 0 Å². The molecule has 0 spiro atoms. The molecule has 1 aromatic rings. The smallest absolute Gasteiger partial charge is 0.240 e. The average molecular weight is 221 g/mol. The Bertz CT molecular complexity index is 402. The number of nitrogens with two attached hydrogens (primary N) is 1. The van der Waals surface area contributed by atoms with E-state index in [-0.39, 0.29) is 11.8 Å². The van der Waals surface area contributed by atoms with Crippen LogP contribution in [0.2, 0.25) is 0 Å². The lowest BCUT2D eigenvalue weighted by atomic mass is 10.2. The maximum atomic E-state index is 11.3. The quantitative estimate of drug-likeness (QED) is 0.710. The van der Waals surface area contributed by atoms with Crippen LogP contribution in [-0.4, -0.2) is 17.9 Å². The minimum Gasteiger partial charge on any atom is -0.326 e. The zero-order chi connectivity index (χ0) is 12.1. The van der Waals surface area contributed by atoms with Gasteiger partial charge in [-0.1, -0.05) is 6.07 Å². The summed E-state index contributed by atoms with van der Waals surface area (Å²) in [6.45, 7) is 3.03. The molecule has 2 amide bonds. The second kappa shape index (κ2) is 5.27. The van der Waals surface area contributed by atoms with Gasteiger partial charge in [0.15, 0.2) is 0 Å². The number of hydrogen-bond donors (Lipinski definition) is 3. The summed E-state index contributed by atoms with van der Waals surface area (Å²) in [4.78, 5) is 22.2. The van der Waals surface area contributed by atoms with Crippen LogP contribution < -0.4 is 16.4 Å². The molecule has 1 atom stereocenters. The van der Waals surface area contributed by atoms with E-state index in [9.17, 15) is 9.59 Å². The number of hydrogen-bond acceptors (Lipinski definition) is 3. The summed E-state index contributed by atoms with van der Waals surface area (Å²) in [5, 5.41) is 5.27. The molecule has 0 aliphatic carbocycles. The van der Waals surface area contributed by atoms with E-state index < -0.39 is 6.04 Å². The van der Waals surface area contributed by atoms with Crippen molar-refractivity contribution >= 4 is 23.2 Å². The number of benzene rings is 1. The molecule has 5 heteroatoms. The standard InChI is InChI=1S/C11H15N3O2/c1-7(12)11(16)14-10-5-3-4-9(6-10)13-8(2)15/h3-7H,12H2,1-2H3,(H,13,15)(H,14,16). The third-order valence-corrected chi connectivity index (χ3v) is 1.86. The van der Waals surface area contributed by atoms with Gasteiger partial charge in [0.05, 0.1) is 6.04 Å². The number of nitrogens with one attached hydrogen (secondary N) is 2. The molecule has 0 fully saturated rings. The Morgan fingerprint density at radius 3 is 2.31 bits per heavy atom. The van der Waals surface area contributed by atoms with Crippen LogP contribution in [0.1, 0.15) is 13.8 Å². The van der Waals surface area contributed by atoms with Crippen molar-refractivity contribution in [2.24, 2.45) is 5.73 Å². The molecule has 5 nitrogen and oxygen atoms in total. The van der Waals surface area contributed by atoms with Gasteiger partial charge in [-0.05, 0) is 25.1 Å². The predicted octanol–water partition coefficient (Wildman–Crippen LogP) is 0.931. The van der Waals surface area contributed by atoms with E-state index in [1.54, 1.807) is 31.2 Å². The first-order valence-electron chi connectivity index (χ1n) is 4.93. The summed E-state index contributed by atoms with van der Waals surface area (Å²) in [6, 6.07) is 6.31. The fourth-order valence-corrected chi connectivity index (χ4v) is 1.13. The van der Waals surface area contributed by atoms with E-state index in [1.165, 1.54) is 6.92 Å². The molecule has 16 heavy (non-hydrogen) atoms. The van der Waals surface area contributed by atoms with Gasteiger partial charge in [0.25, 0.3) is 0 Å².